The van der Waals surface area contributed by atoms with Crippen molar-refractivity contribution in [3.8, 4) is 0 Å². The van der Waals surface area contributed by atoms with E-state index in [4.69, 9.17) is 0 Å². The average molecular weight is 158 g/mol. The predicted molar refractivity (Wildman–Crippen MR) is 37.4 cm³/mol. The van der Waals surface area contributed by atoms with Crippen molar-refractivity contribution in [2.75, 3.05) is 0 Å². The Bertz CT molecular complexity index is 228. The smallest absolute Gasteiger partial charge is 0.279 e. The highest BCUT2D eigenvalue weighted by atomic mass is 19.3. The van der Waals surface area contributed by atoms with Crippen LogP contribution in [0, 0.1) is 5.92 Å². The summed E-state index contributed by atoms with van der Waals surface area (Å²) >= 11 is 0. The molecule has 0 aliphatic heterocycles. The van der Waals surface area contributed by atoms with Gasteiger partial charge in [-0.1, -0.05) is 18.2 Å². The Morgan fingerprint density at radius 3 is 2.45 bits per heavy atom. The molecule has 0 heterocycles. The van der Waals surface area contributed by atoms with Crippen LogP contribution in [-0.4, -0.2) is 11.7 Å². The molecule has 11 heavy (non-hydrogen) atoms. The minimum atomic E-state index is -3.00. The zero-order chi connectivity index (χ0) is 8.48. The van der Waals surface area contributed by atoms with Gasteiger partial charge in [0.2, 0.25) is 0 Å². The third-order valence-electron chi connectivity index (χ3n) is 1.59. The molecule has 0 amide bonds. The lowest BCUT2D eigenvalue weighted by molar-refractivity contribution is -0.126. The molecule has 0 N–H and O–H groups in total. The Morgan fingerprint density at radius 2 is 2.09 bits per heavy atom. The van der Waals surface area contributed by atoms with Gasteiger partial charge < -0.3 is 0 Å². The molecule has 0 saturated heterocycles. The van der Waals surface area contributed by atoms with Crippen molar-refractivity contribution < 1.29 is 13.6 Å². The number of hydrogen-bond acceptors (Lipinski definition) is 1. The molecule has 0 fully saturated rings. The van der Waals surface area contributed by atoms with E-state index in [2.05, 4.69) is 0 Å². The van der Waals surface area contributed by atoms with Crippen LogP contribution in [0.2, 0.25) is 0 Å². The summed E-state index contributed by atoms with van der Waals surface area (Å²) < 4.78 is 25.5. The molecule has 0 saturated carbocycles. The van der Waals surface area contributed by atoms with Crippen molar-refractivity contribution in [1.29, 1.82) is 0 Å². The van der Waals surface area contributed by atoms with Crippen molar-refractivity contribution in [3.05, 3.63) is 24.3 Å². The van der Waals surface area contributed by atoms with Gasteiger partial charge in [-0.15, -0.1) is 0 Å². The summed E-state index contributed by atoms with van der Waals surface area (Å²) in [4.78, 5) is 10.6. The van der Waals surface area contributed by atoms with Gasteiger partial charge in [0.25, 0.3) is 5.92 Å². The van der Waals surface area contributed by atoms with E-state index >= 15 is 0 Å². The Labute approximate surface area is 63.4 Å². The first kappa shape index (κ1) is 8.11. The van der Waals surface area contributed by atoms with Crippen LogP contribution in [0.4, 0.5) is 8.78 Å². The summed E-state index contributed by atoms with van der Waals surface area (Å²) in [5.41, 5.74) is 0. The maximum atomic E-state index is 12.8. The van der Waals surface area contributed by atoms with Gasteiger partial charge >= 0.3 is 0 Å². The molecule has 0 aromatic carbocycles. The maximum absolute atomic E-state index is 12.8. The number of hydrogen-bond donors (Lipinski definition) is 0. The molecular formula is C8H8F2O. The first-order valence-corrected chi connectivity index (χ1v) is 3.28. The van der Waals surface area contributed by atoms with Gasteiger partial charge in [-0.3, -0.25) is 4.79 Å². The largest absolute Gasteiger partial charge is 0.299 e. The fraction of sp³-hybridized carbons (Fsp3) is 0.375. The Morgan fingerprint density at radius 1 is 1.45 bits per heavy atom. The highest BCUT2D eigenvalue weighted by molar-refractivity contribution is 5.81. The molecule has 0 spiro atoms. The first-order chi connectivity index (χ1) is 5.04. The Kier molecular flexibility index (Phi) is 1.89. The van der Waals surface area contributed by atoms with Crippen LogP contribution in [0.25, 0.3) is 0 Å². The van der Waals surface area contributed by atoms with Gasteiger partial charge in [-0.25, -0.2) is 8.78 Å². The van der Waals surface area contributed by atoms with Crippen LogP contribution in [-0.2, 0) is 4.79 Å². The van der Waals surface area contributed by atoms with Gasteiger partial charge in [0.05, 0.1) is 0 Å². The first-order valence-electron chi connectivity index (χ1n) is 3.28. The number of allylic oxidation sites excluding steroid dienone is 4. The molecular weight excluding hydrogens is 150 g/mol. The number of alkyl halides is 2. The maximum Gasteiger partial charge on any atom is 0.279 e. The second kappa shape index (κ2) is 2.57. The summed E-state index contributed by atoms with van der Waals surface area (Å²) in [5, 5.41) is 0. The van der Waals surface area contributed by atoms with E-state index < -0.39 is 17.6 Å². The monoisotopic (exact) mass is 158 g/mol. The molecule has 1 unspecified atom stereocenters. The van der Waals surface area contributed by atoms with E-state index in [9.17, 15) is 13.6 Å². The van der Waals surface area contributed by atoms with Gasteiger partial charge in [-0.05, 0) is 13.0 Å². The molecule has 0 aromatic heterocycles. The minimum Gasteiger partial charge on any atom is -0.299 e. The highest BCUT2D eigenvalue weighted by Crippen LogP contribution is 2.30. The van der Waals surface area contributed by atoms with Crippen LogP contribution in [0.1, 0.15) is 6.92 Å². The average Bonchev–Trinajstić information content (AvgIpc) is 1.85. The lowest BCUT2D eigenvalue weighted by Gasteiger charge is -2.20. The van der Waals surface area contributed by atoms with Crippen molar-refractivity contribution in [2.45, 2.75) is 12.8 Å². The molecule has 3 heteroatoms. The summed E-state index contributed by atoms with van der Waals surface area (Å²) in [6.45, 7) is 1.17. The Hall–Kier alpha value is -0.990. The van der Waals surface area contributed by atoms with Crippen LogP contribution in [0.15, 0.2) is 24.3 Å². The molecule has 1 atom stereocenters. The zero-order valence-electron chi connectivity index (χ0n) is 6.05. The number of ketones is 1. The van der Waals surface area contributed by atoms with Crippen LogP contribution in [0.5, 0.6) is 0 Å². The Balaban J connectivity index is 2.89. The second-order valence-electron chi connectivity index (χ2n) is 2.51. The lowest BCUT2D eigenvalue weighted by atomic mass is 9.93. The molecule has 1 aliphatic carbocycles. The lowest BCUT2D eigenvalue weighted by Crippen LogP contribution is -2.31. The van der Waals surface area contributed by atoms with Crippen LogP contribution in [0.3, 0.4) is 0 Å². The van der Waals surface area contributed by atoms with E-state index in [0.717, 1.165) is 6.08 Å². The third-order valence-corrected chi connectivity index (χ3v) is 1.59. The number of Topliss-reactive ketones (excluding diaryl/α,β-unsaturated/α-hetero) is 1. The molecule has 60 valence electrons. The van der Waals surface area contributed by atoms with Crippen LogP contribution < -0.4 is 0 Å². The zero-order valence-corrected chi connectivity index (χ0v) is 6.05. The molecule has 0 bridgehead atoms. The van der Waals surface area contributed by atoms with Crippen LogP contribution >= 0.6 is 0 Å². The fourth-order valence-corrected chi connectivity index (χ4v) is 0.998. The SMILES string of the molecule is CC(=O)C1C=CC=CC1(F)F. The summed E-state index contributed by atoms with van der Waals surface area (Å²) in [6, 6.07) is 0. The molecule has 0 radical (unpaired) electrons. The summed E-state index contributed by atoms with van der Waals surface area (Å²) in [7, 11) is 0. The quantitative estimate of drug-likeness (QED) is 0.570. The van der Waals surface area contributed by atoms with E-state index in [0.29, 0.717) is 0 Å². The standard InChI is InChI=1S/C8H8F2O/c1-6(11)7-4-2-3-5-8(7,9)10/h2-5,7H,1H3. The fourth-order valence-electron chi connectivity index (χ4n) is 0.998. The van der Waals surface area contributed by atoms with E-state index in [1.54, 1.807) is 0 Å². The van der Waals surface area contributed by atoms with E-state index in [1.165, 1.54) is 25.2 Å². The number of carbonyl (C=O) groups is 1. The number of carbonyl (C=O) groups excluding carboxylic acids is 1. The second-order valence-corrected chi connectivity index (χ2v) is 2.51. The van der Waals surface area contributed by atoms with Gasteiger partial charge in [-0.2, -0.15) is 0 Å². The van der Waals surface area contributed by atoms with Gasteiger partial charge in [0, 0.05) is 0 Å². The van der Waals surface area contributed by atoms with E-state index in [1.807, 2.05) is 0 Å². The molecule has 1 rings (SSSR count). The third kappa shape index (κ3) is 1.53. The topological polar surface area (TPSA) is 17.1 Å². The van der Waals surface area contributed by atoms with E-state index in [-0.39, 0.29) is 0 Å². The number of rotatable bonds is 1. The minimum absolute atomic E-state index is 0.504. The highest BCUT2D eigenvalue weighted by Gasteiger charge is 2.39. The summed E-state index contributed by atoms with van der Waals surface area (Å²) in [5.74, 6) is -4.77. The molecule has 1 nitrogen and oxygen atoms in total. The molecule has 0 aromatic rings. The van der Waals surface area contributed by atoms with Crippen molar-refractivity contribution >= 4 is 5.78 Å². The van der Waals surface area contributed by atoms with Crippen molar-refractivity contribution in [1.82, 2.24) is 0 Å². The normalized spacial score (nSPS) is 27.0. The summed E-state index contributed by atoms with van der Waals surface area (Å²) in [6.07, 6.45) is 4.68. The van der Waals surface area contributed by atoms with Crippen molar-refractivity contribution in [2.24, 2.45) is 5.92 Å². The number of halogens is 2. The predicted octanol–water partition coefficient (Wildman–Crippen LogP) is 1.95. The molecule has 1 aliphatic rings. The van der Waals surface area contributed by atoms with Gasteiger partial charge in [0.15, 0.2) is 0 Å². The van der Waals surface area contributed by atoms with Gasteiger partial charge in [0.1, 0.15) is 11.7 Å². The van der Waals surface area contributed by atoms with Crippen molar-refractivity contribution in [3.63, 3.8) is 0 Å².